The highest BCUT2D eigenvalue weighted by Gasteiger charge is 2.13. The van der Waals surface area contributed by atoms with Crippen molar-refractivity contribution in [3.63, 3.8) is 0 Å². The number of amides is 1. The van der Waals surface area contributed by atoms with Crippen LogP contribution in [0.25, 0.3) is 0 Å². The van der Waals surface area contributed by atoms with Gasteiger partial charge in [0.1, 0.15) is 0 Å². The van der Waals surface area contributed by atoms with Crippen LogP contribution in [0.1, 0.15) is 12.5 Å². The van der Waals surface area contributed by atoms with Crippen LogP contribution in [0.15, 0.2) is 28.7 Å². The van der Waals surface area contributed by atoms with Gasteiger partial charge in [-0.3, -0.25) is 4.79 Å². The van der Waals surface area contributed by atoms with E-state index < -0.39 is 0 Å². The van der Waals surface area contributed by atoms with E-state index in [1.165, 1.54) is 0 Å². The first-order valence-electron chi connectivity index (χ1n) is 5.72. The fourth-order valence-electron chi connectivity index (χ4n) is 1.58. The molecule has 1 aromatic rings. The predicted molar refractivity (Wildman–Crippen MR) is 73.7 cm³/mol. The van der Waals surface area contributed by atoms with Gasteiger partial charge in [-0.05, 0) is 24.1 Å². The number of carbonyl (C=O) groups is 1. The van der Waals surface area contributed by atoms with Crippen molar-refractivity contribution in [1.82, 2.24) is 4.90 Å². The molecule has 0 spiro atoms. The maximum Gasteiger partial charge on any atom is 0.226 e. The van der Waals surface area contributed by atoms with Crippen LogP contribution < -0.4 is 5.73 Å². The van der Waals surface area contributed by atoms with Crippen molar-refractivity contribution in [1.29, 1.82) is 0 Å². The molecule has 0 aliphatic carbocycles. The Bertz CT molecular complexity index is 381. The highest BCUT2D eigenvalue weighted by molar-refractivity contribution is 9.10. The van der Waals surface area contributed by atoms with E-state index in [0.29, 0.717) is 25.4 Å². The summed E-state index contributed by atoms with van der Waals surface area (Å²) in [4.78, 5) is 13.7. The molecule has 0 aromatic heterocycles. The van der Waals surface area contributed by atoms with Gasteiger partial charge in [-0.2, -0.15) is 0 Å². The molecule has 0 radical (unpaired) electrons. The Morgan fingerprint density at radius 2 is 2.12 bits per heavy atom. The summed E-state index contributed by atoms with van der Waals surface area (Å²) >= 11 is 3.45. The van der Waals surface area contributed by atoms with E-state index in [-0.39, 0.29) is 5.91 Å². The molecule has 0 aliphatic rings. The van der Waals surface area contributed by atoms with Crippen LogP contribution in [0.3, 0.4) is 0 Å². The van der Waals surface area contributed by atoms with Crippen molar-refractivity contribution in [2.24, 2.45) is 11.7 Å². The van der Waals surface area contributed by atoms with Crippen LogP contribution in [-0.2, 0) is 11.2 Å². The number of nitrogens with two attached hydrogens (primary N) is 1. The molecule has 0 bridgehead atoms. The summed E-state index contributed by atoms with van der Waals surface area (Å²) in [5.74, 6) is 0.459. The summed E-state index contributed by atoms with van der Waals surface area (Å²) in [6.07, 6.45) is 0.426. The molecule has 1 unspecified atom stereocenters. The van der Waals surface area contributed by atoms with E-state index in [1.807, 2.05) is 38.2 Å². The summed E-state index contributed by atoms with van der Waals surface area (Å²) in [6.45, 7) is 3.36. The van der Waals surface area contributed by atoms with Crippen LogP contribution in [0.5, 0.6) is 0 Å². The Balaban J connectivity index is 2.57. The van der Waals surface area contributed by atoms with E-state index >= 15 is 0 Å². The lowest BCUT2D eigenvalue weighted by molar-refractivity contribution is -0.129. The van der Waals surface area contributed by atoms with Gasteiger partial charge in [-0.1, -0.05) is 41.1 Å². The molecule has 3 nitrogen and oxygen atoms in total. The molecule has 1 amide bonds. The fourth-order valence-corrected chi connectivity index (χ4v) is 2.01. The van der Waals surface area contributed by atoms with Gasteiger partial charge < -0.3 is 10.6 Å². The molecule has 4 heteroatoms. The summed E-state index contributed by atoms with van der Waals surface area (Å²) in [7, 11) is 1.82. The SMILES string of the molecule is CC(CN)CN(C)C(=O)Cc1ccccc1Br. The molecule has 0 saturated carbocycles. The van der Waals surface area contributed by atoms with Crippen LogP contribution in [0, 0.1) is 5.92 Å². The lowest BCUT2D eigenvalue weighted by Crippen LogP contribution is -2.34. The molecule has 94 valence electrons. The number of rotatable bonds is 5. The quantitative estimate of drug-likeness (QED) is 0.904. The number of nitrogens with zero attached hydrogens (tertiary/aromatic N) is 1. The number of hydrogen-bond acceptors (Lipinski definition) is 2. The molecular weight excluding hydrogens is 280 g/mol. The van der Waals surface area contributed by atoms with Crippen LogP contribution >= 0.6 is 15.9 Å². The zero-order chi connectivity index (χ0) is 12.8. The number of carbonyl (C=O) groups excluding carboxylic acids is 1. The van der Waals surface area contributed by atoms with E-state index in [9.17, 15) is 4.79 Å². The van der Waals surface area contributed by atoms with Crippen molar-refractivity contribution in [3.05, 3.63) is 34.3 Å². The highest BCUT2D eigenvalue weighted by Crippen LogP contribution is 2.17. The van der Waals surface area contributed by atoms with Gasteiger partial charge in [-0.15, -0.1) is 0 Å². The first-order chi connectivity index (χ1) is 8.04. The third-order valence-electron chi connectivity index (χ3n) is 2.71. The van der Waals surface area contributed by atoms with Crippen LogP contribution in [-0.4, -0.2) is 30.9 Å². The summed E-state index contributed by atoms with van der Waals surface area (Å²) < 4.78 is 0.980. The minimum absolute atomic E-state index is 0.122. The number of hydrogen-bond donors (Lipinski definition) is 1. The zero-order valence-electron chi connectivity index (χ0n) is 10.3. The molecule has 1 rings (SSSR count). The van der Waals surface area contributed by atoms with Crippen molar-refractivity contribution in [2.45, 2.75) is 13.3 Å². The van der Waals surface area contributed by atoms with Gasteiger partial charge in [0.15, 0.2) is 0 Å². The van der Waals surface area contributed by atoms with E-state index in [4.69, 9.17) is 5.73 Å². The summed E-state index contributed by atoms with van der Waals surface area (Å²) in [5.41, 5.74) is 6.57. The first-order valence-corrected chi connectivity index (χ1v) is 6.51. The van der Waals surface area contributed by atoms with Crippen molar-refractivity contribution in [3.8, 4) is 0 Å². The second kappa shape index (κ2) is 6.77. The molecule has 0 saturated heterocycles. The van der Waals surface area contributed by atoms with E-state index in [0.717, 1.165) is 10.0 Å². The fraction of sp³-hybridized carbons (Fsp3) is 0.462. The summed E-state index contributed by atoms with van der Waals surface area (Å²) in [5, 5.41) is 0. The molecule has 1 atom stereocenters. The molecule has 0 aliphatic heterocycles. The molecule has 0 fully saturated rings. The van der Waals surface area contributed by atoms with Gasteiger partial charge in [0.05, 0.1) is 6.42 Å². The first kappa shape index (κ1) is 14.2. The van der Waals surface area contributed by atoms with E-state index in [1.54, 1.807) is 4.90 Å². The third-order valence-corrected chi connectivity index (χ3v) is 3.49. The molecular formula is C13H19BrN2O. The second-order valence-corrected chi connectivity index (χ2v) is 5.24. The Hall–Kier alpha value is -0.870. The molecule has 2 N–H and O–H groups in total. The van der Waals surface area contributed by atoms with Crippen molar-refractivity contribution < 1.29 is 4.79 Å². The summed E-state index contributed by atoms with van der Waals surface area (Å²) in [6, 6.07) is 7.79. The third kappa shape index (κ3) is 4.48. The Kier molecular flexibility index (Phi) is 5.65. The van der Waals surface area contributed by atoms with Gasteiger partial charge >= 0.3 is 0 Å². The monoisotopic (exact) mass is 298 g/mol. The normalized spacial score (nSPS) is 12.2. The topological polar surface area (TPSA) is 46.3 Å². The Morgan fingerprint density at radius 3 is 2.71 bits per heavy atom. The smallest absolute Gasteiger partial charge is 0.226 e. The van der Waals surface area contributed by atoms with Gasteiger partial charge in [0.2, 0.25) is 5.91 Å². The Morgan fingerprint density at radius 1 is 1.47 bits per heavy atom. The molecule has 0 heterocycles. The van der Waals surface area contributed by atoms with Gasteiger partial charge in [-0.25, -0.2) is 0 Å². The molecule has 1 aromatic carbocycles. The van der Waals surface area contributed by atoms with Crippen molar-refractivity contribution >= 4 is 21.8 Å². The maximum absolute atomic E-state index is 12.0. The average Bonchev–Trinajstić information content (AvgIpc) is 2.31. The largest absolute Gasteiger partial charge is 0.345 e. The van der Waals surface area contributed by atoms with Gasteiger partial charge in [0, 0.05) is 18.1 Å². The van der Waals surface area contributed by atoms with E-state index in [2.05, 4.69) is 15.9 Å². The Labute approximate surface area is 111 Å². The van der Waals surface area contributed by atoms with Gasteiger partial charge in [0.25, 0.3) is 0 Å². The maximum atomic E-state index is 12.0. The standard InChI is InChI=1S/C13H19BrN2O/c1-10(8-15)9-16(2)13(17)7-11-5-3-4-6-12(11)14/h3-6,10H,7-9,15H2,1-2H3. The lowest BCUT2D eigenvalue weighted by atomic mass is 10.1. The second-order valence-electron chi connectivity index (χ2n) is 4.38. The number of benzene rings is 1. The number of likely N-dealkylation sites (N-methyl/N-ethyl adjacent to an activating group) is 1. The highest BCUT2D eigenvalue weighted by atomic mass is 79.9. The van der Waals surface area contributed by atoms with Crippen LogP contribution in [0.2, 0.25) is 0 Å². The van der Waals surface area contributed by atoms with Crippen molar-refractivity contribution in [2.75, 3.05) is 20.1 Å². The minimum atomic E-state index is 0.122. The number of halogens is 1. The lowest BCUT2D eigenvalue weighted by Gasteiger charge is -2.21. The zero-order valence-corrected chi connectivity index (χ0v) is 11.9. The average molecular weight is 299 g/mol. The molecule has 17 heavy (non-hydrogen) atoms. The van der Waals surface area contributed by atoms with Crippen LogP contribution in [0.4, 0.5) is 0 Å². The minimum Gasteiger partial charge on any atom is -0.345 e. The predicted octanol–water partition coefficient (Wildman–Crippen LogP) is 2.04.